The van der Waals surface area contributed by atoms with Crippen LogP contribution in [0.4, 0.5) is 5.69 Å². The first-order valence-electron chi connectivity index (χ1n) is 32.7. The molecule has 101 heavy (non-hydrogen) atoms. The number of carbonyl (C=O) groups is 4. The van der Waals surface area contributed by atoms with Gasteiger partial charge in [-0.2, -0.15) is 21.0 Å². The molecule has 1 aromatic heterocycles. The minimum atomic E-state index is -1.09. The molecule has 2 aliphatic rings. The van der Waals surface area contributed by atoms with Gasteiger partial charge in [0.15, 0.2) is 0 Å². The van der Waals surface area contributed by atoms with E-state index in [1.54, 1.807) is 140 Å². The van der Waals surface area contributed by atoms with Gasteiger partial charge in [-0.25, -0.2) is 29.2 Å². The maximum Gasteiger partial charge on any atom is 0.384 e. The molecule has 1 heterocycles. The summed E-state index contributed by atoms with van der Waals surface area (Å²) in [6, 6.07) is 53.4. The first-order chi connectivity index (χ1) is 49.2. The highest BCUT2D eigenvalue weighted by molar-refractivity contribution is 5.93. The largest absolute Gasteiger partial charge is 0.478 e. The second-order valence-corrected chi connectivity index (χ2v) is 22.5. The van der Waals surface area contributed by atoms with Crippen molar-refractivity contribution in [3.05, 3.63) is 249 Å². The highest BCUT2D eigenvalue weighted by Gasteiger charge is 2.15. The van der Waals surface area contributed by atoms with Crippen molar-refractivity contribution in [2.24, 2.45) is 9.98 Å². The number of esters is 3. The average molecular weight is 1350 g/mol. The topological polar surface area (TPSA) is 272 Å². The summed E-state index contributed by atoms with van der Waals surface area (Å²) in [7, 11) is 4.02. The monoisotopic (exact) mass is 1340 g/mol. The van der Waals surface area contributed by atoms with Crippen LogP contribution in [0.3, 0.4) is 0 Å². The van der Waals surface area contributed by atoms with Gasteiger partial charge in [0, 0.05) is 98.1 Å². The number of aliphatic hydroxyl groups is 1. The zero-order chi connectivity index (χ0) is 72.7. The molecule has 6 aromatic carbocycles. The van der Waals surface area contributed by atoms with Crippen LogP contribution >= 0.6 is 0 Å². The molecule has 7 aromatic rings. The van der Waals surface area contributed by atoms with Crippen molar-refractivity contribution in [2.75, 3.05) is 45.4 Å². The van der Waals surface area contributed by atoms with Gasteiger partial charge in [-0.3, -0.25) is 4.98 Å². The second kappa shape index (κ2) is 46.2. The number of carboxylic acid groups (broad SMARTS) is 1. The molecule has 0 saturated heterocycles. The van der Waals surface area contributed by atoms with Gasteiger partial charge < -0.3 is 29.3 Å². The van der Waals surface area contributed by atoms with Gasteiger partial charge in [-0.05, 0) is 197 Å². The fourth-order valence-electron chi connectivity index (χ4n) is 9.25. The third-order valence-electron chi connectivity index (χ3n) is 14.8. The van der Waals surface area contributed by atoms with E-state index < -0.39 is 23.9 Å². The van der Waals surface area contributed by atoms with E-state index in [1.165, 1.54) is 76.0 Å². The molecule has 2 saturated carbocycles. The van der Waals surface area contributed by atoms with Gasteiger partial charge in [-0.15, -0.1) is 6.42 Å². The number of nitrogens with zero attached hydrogens (tertiary/aromatic N) is 8. The van der Waals surface area contributed by atoms with E-state index in [2.05, 4.69) is 91.8 Å². The Labute approximate surface area is 595 Å². The number of carbonyl (C=O) groups excluding carboxylic acids is 3. The number of pyridine rings is 1. The zero-order valence-corrected chi connectivity index (χ0v) is 56.6. The molecule has 0 amide bonds. The Kier molecular flexibility index (Phi) is 36.0. The van der Waals surface area contributed by atoms with Gasteiger partial charge in [-0.1, -0.05) is 92.5 Å². The molecule has 0 unspecified atom stereocenters. The minimum absolute atomic E-state index is 0. The number of aliphatic imine (C=N–C) groups is 2. The molecular weight excluding hydrogens is 1260 g/mol. The zero-order valence-electron chi connectivity index (χ0n) is 56.6. The number of rotatable bonds is 15. The van der Waals surface area contributed by atoms with Crippen molar-refractivity contribution >= 4 is 35.6 Å². The van der Waals surface area contributed by atoms with E-state index in [0.717, 1.165) is 17.2 Å². The Morgan fingerprint density at radius 3 is 1.25 bits per heavy atom. The van der Waals surface area contributed by atoms with Crippen LogP contribution in [0.2, 0.25) is 0 Å². The van der Waals surface area contributed by atoms with E-state index in [9.17, 15) is 24.3 Å². The Morgan fingerprint density at radius 2 is 0.871 bits per heavy atom. The maximum atomic E-state index is 12.9. The number of aliphatic hydroxyl groups excluding tert-OH is 1. The van der Waals surface area contributed by atoms with Crippen LogP contribution in [0, 0.1) is 105 Å². The van der Waals surface area contributed by atoms with Gasteiger partial charge in [0.1, 0.15) is 0 Å². The molecule has 0 bridgehead atoms. The summed E-state index contributed by atoms with van der Waals surface area (Å²) in [5.41, 5.74) is 8.53. The van der Waals surface area contributed by atoms with Crippen LogP contribution in [-0.2, 0) is 23.8 Å². The van der Waals surface area contributed by atoms with Crippen molar-refractivity contribution in [2.45, 2.75) is 102 Å². The smallest absolute Gasteiger partial charge is 0.384 e. The lowest BCUT2D eigenvalue weighted by atomic mass is 9.96. The van der Waals surface area contributed by atoms with Crippen LogP contribution in [0.5, 0.6) is 0 Å². The van der Waals surface area contributed by atoms with E-state index in [0.29, 0.717) is 100 Å². The Balaban J connectivity index is 0.000000370. The minimum Gasteiger partial charge on any atom is -0.478 e. The Bertz CT molecular complexity index is 4440. The van der Waals surface area contributed by atoms with E-state index in [-0.39, 0.29) is 33.8 Å². The molecule has 0 aliphatic heterocycles. The maximum absolute atomic E-state index is 12.9. The number of aromatic nitrogens is 1. The molecule has 2 N–H and O–H groups in total. The number of hydrogen-bond acceptors (Lipinski definition) is 16. The SMILES string of the molecule is C#CC(=O)OCCCCO.C(=NC1CCCCC1)=NC1CCCCC1.C=CC(=O)OCCCCOC(=O)c1cc(C#Cc2ccc(C#N)cc2)ccc1C#Cc1ccc(C#N)cc1.CN(C)c1ccncc1.N#Cc1ccc(C#Cc2ccc(C#Cc3ccc(C#N)cc3)c(C(=O)O)c2)cc1.[HH].[HH]. The Hall–Kier alpha value is -13.0. The predicted molar refractivity (Wildman–Crippen MR) is 392 cm³/mol. The lowest BCUT2D eigenvalue weighted by Crippen LogP contribution is -2.10. The highest BCUT2D eigenvalue weighted by Crippen LogP contribution is 2.22. The standard InChI is InChI=1S/C32H22N2O4.C25H12N2O2.C13H22N2.C7H10N2.C7H10O3.2H2/c1-2-31(35)37-19-3-4-20-38-32(36)30-21-26(10-5-24-6-11-27(22-33)12-7-24)16-18-29(30)17-15-25-8-13-28(23-34)14-9-25;26-16-21-7-2-18(3-8-21)1-6-20-12-14-23(24(15-20)25(28)29)13-11-19-4-9-22(17-27)10-5-19;1-3-7-12(8-4-1)14-11-15-13-9-5-2-6-10-13;1-9(2)7-3-5-8-6-4-7;1-2-7(9)10-6-4-3-5-8;;/h2,6-9,11-14,16,18,21H,1,3-4,19-20H2;2-5,7-10,12,14-15H,(H,28,29);12-13H,1-10H2;3-6H,1-2H3;1,8H,3-6H2;2*1H. The molecule has 0 spiro atoms. The van der Waals surface area contributed by atoms with Crippen LogP contribution in [0.25, 0.3) is 0 Å². The number of anilines is 1. The number of aromatic carboxylic acids is 1. The number of hydrogen-bond donors (Lipinski definition) is 2. The van der Waals surface area contributed by atoms with Crippen molar-refractivity contribution in [3.8, 4) is 84.0 Å². The number of unbranched alkanes of at least 4 members (excludes halogenated alkanes) is 2. The number of carboxylic acids is 1. The van der Waals surface area contributed by atoms with E-state index in [4.69, 9.17) is 42.1 Å². The third kappa shape index (κ3) is 31.2. The summed E-state index contributed by atoms with van der Waals surface area (Å²) < 4.78 is 14.9. The third-order valence-corrected chi connectivity index (χ3v) is 14.8. The number of nitriles is 4. The lowest BCUT2D eigenvalue weighted by molar-refractivity contribution is -0.138. The van der Waals surface area contributed by atoms with E-state index in [1.807, 2.05) is 49.2 Å². The van der Waals surface area contributed by atoms with Crippen molar-refractivity contribution < 1.29 is 46.5 Å². The van der Waals surface area contributed by atoms with Gasteiger partial charge >= 0.3 is 23.9 Å². The summed E-state index contributed by atoms with van der Waals surface area (Å²) in [5, 5.41) is 53.4. The molecule has 510 valence electrons. The van der Waals surface area contributed by atoms with Gasteiger partial charge in [0.05, 0.1) is 95.6 Å². The molecule has 17 nitrogen and oxygen atoms in total. The summed E-state index contributed by atoms with van der Waals surface area (Å²) in [6.07, 6.45) is 24.9. The average Bonchev–Trinajstić information content (AvgIpc) is 0.843. The molecule has 2 aliphatic carbocycles. The molecule has 0 radical (unpaired) electrons. The summed E-state index contributed by atoms with van der Waals surface area (Å²) >= 11 is 0. The fourth-order valence-corrected chi connectivity index (χ4v) is 9.25. The number of benzene rings is 6. The lowest BCUT2D eigenvalue weighted by Gasteiger charge is -2.17. The summed E-state index contributed by atoms with van der Waals surface area (Å²) in [4.78, 5) is 60.8. The fraction of sp³-hybridized carbons (Fsp3) is 0.262. The van der Waals surface area contributed by atoms with Crippen molar-refractivity contribution in [1.29, 1.82) is 21.0 Å². The van der Waals surface area contributed by atoms with Crippen LogP contribution in [0.15, 0.2) is 181 Å². The first-order valence-corrected chi connectivity index (χ1v) is 32.7. The molecule has 9 rings (SSSR count). The summed E-state index contributed by atoms with van der Waals surface area (Å²) in [5.74, 6) is 22.8. The van der Waals surface area contributed by atoms with Crippen LogP contribution < -0.4 is 4.90 Å². The van der Waals surface area contributed by atoms with Gasteiger partial charge in [0.25, 0.3) is 0 Å². The normalized spacial score (nSPS) is 11.4. The number of ether oxygens (including phenoxy) is 3. The van der Waals surface area contributed by atoms with E-state index >= 15 is 0 Å². The molecule has 17 heteroatoms. The van der Waals surface area contributed by atoms with Crippen molar-refractivity contribution in [1.82, 2.24) is 4.98 Å². The molecular formula is C84H80N8O9. The predicted octanol–water partition coefficient (Wildman–Crippen LogP) is 14.2. The quantitative estimate of drug-likeness (QED) is 0.0184. The van der Waals surface area contributed by atoms with Crippen LogP contribution in [0.1, 0.15) is 180 Å². The van der Waals surface area contributed by atoms with Crippen LogP contribution in [-0.4, -0.2) is 97.7 Å². The Morgan fingerprint density at radius 1 is 0.515 bits per heavy atom. The number of terminal acetylenes is 1. The highest BCUT2D eigenvalue weighted by atomic mass is 16.5. The second-order valence-electron chi connectivity index (χ2n) is 22.5. The molecule has 2 fully saturated rings. The van der Waals surface area contributed by atoms with Gasteiger partial charge in [0.2, 0.25) is 0 Å². The first kappa shape index (κ1) is 78.7. The molecule has 0 atom stereocenters. The summed E-state index contributed by atoms with van der Waals surface area (Å²) in [6.45, 7) is 4.11. The van der Waals surface area contributed by atoms with Crippen molar-refractivity contribution in [3.63, 3.8) is 0 Å².